The molecule has 1 unspecified atom stereocenters. The highest BCUT2D eigenvalue weighted by Crippen LogP contribution is 2.12. The van der Waals surface area contributed by atoms with Crippen LogP contribution in [0.4, 0.5) is 0 Å². The molecule has 0 radical (unpaired) electrons. The van der Waals surface area contributed by atoms with E-state index in [4.69, 9.17) is 9.47 Å². The zero-order valence-corrected chi connectivity index (χ0v) is 26.1. The van der Waals surface area contributed by atoms with Crippen LogP contribution in [0.1, 0.15) is 117 Å². The number of unbranched alkanes of at least 4 members (excludes halogenated alkanes) is 5. The largest absolute Gasteiger partial charge is 0.463 e. The van der Waals surface area contributed by atoms with E-state index in [9.17, 15) is 19.8 Å². The Labute approximate surface area is 250 Å². The van der Waals surface area contributed by atoms with E-state index in [1.54, 1.807) is 6.08 Å². The SMILES string of the molecule is CC/C=C\C/C=C\C/C=C\C/C=C\C=C\C(O)CCCC(=O)OC[C@@H](O)COC(=O)CCCCCCCCC(C)C. The van der Waals surface area contributed by atoms with Gasteiger partial charge in [0.05, 0.1) is 6.10 Å². The van der Waals surface area contributed by atoms with Crippen molar-refractivity contribution in [1.82, 2.24) is 0 Å². The van der Waals surface area contributed by atoms with Crippen LogP contribution in [0.5, 0.6) is 0 Å². The summed E-state index contributed by atoms with van der Waals surface area (Å²) < 4.78 is 10.1. The molecule has 234 valence electrons. The predicted octanol–water partition coefficient (Wildman–Crippen LogP) is 8.10. The summed E-state index contributed by atoms with van der Waals surface area (Å²) in [4.78, 5) is 23.7. The van der Waals surface area contributed by atoms with Gasteiger partial charge in [0.1, 0.15) is 19.3 Å². The Morgan fingerprint density at radius 3 is 1.73 bits per heavy atom. The summed E-state index contributed by atoms with van der Waals surface area (Å²) in [5.41, 5.74) is 0. The van der Waals surface area contributed by atoms with E-state index in [-0.39, 0.29) is 25.6 Å². The summed E-state index contributed by atoms with van der Waals surface area (Å²) >= 11 is 0. The third-order valence-electron chi connectivity index (χ3n) is 6.30. The smallest absolute Gasteiger partial charge is 0.305 e. The van der Waals surface area contributed by atoms with Gasteiger partial charge in [-0.1, -0.05) is 120 Å². The van der Waals surface area contributed by atoms with E-state index in [1.807, 2.05) is 18.2 Å². The Bertz CT molecular complexity index is 778. The quantitative estimate of drug-likeness (QED) is 0.0469. The molecule has 0 amide bonds. The number of hydrogen-bond acceptors (Lipinski definition) is 6. The second-order valence-electron chi connectivity index (χ2n) is 10.9. The summed E-state index contributed by atoms with van der Waals surface area (Å²) in [6.07, 6.45) is 31.8. The molecule has 0 aliphatic carbocycles. The number of aliphatic hydroxyl groups excluding tert-OH is 2. The Hall–Kier alpha value is -2.44. The van der Waals surface area contributed by atoms with Crippen molar-refractivity contribution < 1.29 is 29.3 Å². The summed E-state index contributed by atoms with van der Waals surface area (Å²) in [7, 11) is 0. The minimum atomic E-state index is -1.04. The number of rotatable bonds is 26. The fourth-order valence-electron chi connectivity index (χ4n) is 3.88. The molecule has 0 rings (SSSR count). The van der Waals surface area contributed by atoms with Crippen LogP contribution in [0, 0.1) is 5.92 Å². The average Bonchev–Trinajstić information content (AvgIpc) is 2.94. The molecule has 2 N–H and O–H groups in total. The first-order chi connectivity index (χ1) is 19.8. The molecular formula is C35H58O6. The van der Waals surface area contributed by atoms with Gasteiger partial charge < -0.3 is 19.7 Å². The van der Waals surface area contributed by atoms with Gasteiger partial charge in [0.15, 0.2) is 0 Å². The second-order valence-corrected chi connectivity index (χ2v) is 10.9. The van der Waals surface area contributed by atoms with Gasteiger partial charge in [-0.2, -0.15) is 0 Å². The molecule has 6 heteroatoms. The Kier molecular flexibility index (Phi) is 27.3. The zero-order chi connectivity index (χ0) is 30.4. The maximum atomic E-state index is 11.9. The van der Waals surface area contributed by atoms with Crippen LogP contribution in [-0.4, -0.2) is 47.6 Å². The van der Waals surface area contributed by atoms with Crippen molar-refractivity contribution in [2.45, 2.75) is 129 Å². The minimum Gasteiger partial charge on any atom is -0.463 e. The Morgan fingerprint density at radius 2 is 1.15 bits per heavy atom. The first kappa shape index (κ1) is 38.6. The van der Waals surface area contributed by atoms with Gasteiger partial charge in [-0.3, -0.25) is 9.59 Å². The average molecular weight is 575 g/mol. The van der Waals surface area contributed by atoms with E-state index in [1.165, 1.54) is 25.7 Å². The highest BCUT2D eigenvalue weighted by Gasteiger charge is 2.12. The number of hydrogen-bond donors (Lipinski definition) is 2. The third-order valence-corrected chi connectivity index (χ3v) is 6.30. The maximum absolute atomic E-state index is 11.9. The van der Waals surface area contributed by atoms with E-state index in [2.05, 4.69) is 57.2 Å². The van der Waals surface area contributed by atoms with Gasteiger partial charge in [0, 0.05) is 12.8 Å². The van der Waals surface area contributed by atoms with Crippen molar-refractivity contribution in [3.05, 3.63) is 60.8 Å². The number of aliphatic hydroxyl groups is 2. The van der Waals surface area contributed by atoms with E-state index >= 15 is 0 Å². The van der Waals surface area contributed by atoms with E-state index < -0.39 is 18.2 Å². The third kappa shape index (κ3) is 30.3. The molecule has 0 heterocycles. The highest BCUT2D eigenvalue weighted by molar-refractivity contribution is 5.69. The normalized spacial score (nSPS) is 13.9. The molecule has 0 aliphatic rings. The van der Waals surface area contributed by atoms with Crippen LogP contribution in [-0.2, 0) is 19.1 Å². The first-order valence-corrected chi connectivity index (χ1v) is 15.8. The van der Waals surface area contributed by atoms with Crippen molar-refractivity contribution in [2.24, 2.45) is 5.92 Å². The van der Waals surface area contributed by atoms with Gasteiger partial charge in [-0.25, -0.2) is 0 Å². The van der Waals surface area contributed by atoms with Crippen molar-refractivity contribution in [1.29, 1.82) is 0 Å². The fraction of sp³-hybridized carbons (Fsp3) is 0.657. The molecule has 0 aliphatic heterocycles. The van der Waals surface area contributed by atoms with Crippen LogP contribution in [0.15, 0.2) is 60.8 Å². The molecule has 41 heavy (non-hydrogen) atoms. The lowest BCUT2D eigenvalue weighted by molar-refractivity contribution is -0.152. The van der Waals surface area contributed by atoms with Gasteiger partial charge in [-0.15, -0.1) is 0 Å². The molecule has 0 fully saturated rings. The van der Waals surface area contributed by atoms with Crippen molar-refractivity contribution in [2.75, 3.05) is 13.2 Å². The van der Waals surface area contributed by atoms with Gasteiger partial charge in [0.2, 0.25) is 0 Å². The number of carbonyl (C=O) groups excluding carboxylic acids is 2. The number of ether oxygens (including phenoxy) is 2. The summed E-state index contributed by atoms with van der Waals surface area (Å²) in [6.45, 7) is 6.23. The molecule has 0 bridgehead atoms. The molecular weight excluding hydrogens is 516 g/mol. The molecule has 2 atom stereocenters. The van der Waals surface area contributed by atoms with Crippen LogP contribution in [0.2, 0.25) is 0 Å². The van der Waals surface area contributed by atoms with Crippen LogP contribution < -0.4 is 0 Å². The molecule has 0 spiro atoms. The van der Waals surface area contributed by atoms with Crippen LogP contribution in [0.3, 0.4) is 0 Å². The number of carbonyl (C=O) groups is 2. The lowest BCUT2D eigenvalue weighted by atomic mass is 10.0. The van der Waals surface area contributed by atoms with E-state index in [0.29, 0.717) is 19.3 Å². The lowest BCUT2D eigenvalue weighted by Crippen LogP contribution is -2.25. The minimum absolute atomic E-state index is 0.152. The summed E-state index contributed by atoms with van der Waals surface area (Å²) in [6, 6.07) is 0. The lowest BCUT2D eigenvalue weighted by Gasteiger charge is -2.12. The van der Waals surface area contributed by atoms with Crippen molar-refractivity contribution in [3.63, 3.8) is 0 Å². The summed E-state index contributed by atoms with van der Waals surface area (Å²) in [5, 5.41) is 20.0. The van der Waals surface area contributed by atoms with Crippen molar-refractivity contribution in [3.8, 4) is 0 Å². The number of allylic oxidation sites excluding steroid dienone is 9. The van der Waals surface area contributed by atoms with Gasteiger partial charge in [-0.05, 0) is 50.9 Å². The maximum Gasteiger partial charge on any atom is 0.305 e. The van der Waals surface area contributed by atoms with Crippen LogP contribution in [0.25, 0.3) is 0 Å². The molecule has 6 nitrogen and oxygen atoms in total. The van der Waals surface area contributed by atoms with Crippen molar-refractivity contribution >= 4 is 11.9 Å². The van der Waals surface area contributed by atoms with Gasteiger partial charge >= 0.3 is 11.9 Å². The monoisotopic (exact) mass is 574 g/mol. The van der Waals surface area contributed by atoms with Gasteiger partial charge in [0.25, 0.3) is 0 Å². The first-order valence-electron chi connectivity index (χ1n) is 15.8. The molecule has 0 saturated carbocycles. The molecule has 0 aromatic rings. The van der Waals surface area contributed by atoms with Crippen LogP contribution >= 0.6 is 0 Å². The Balaban J connectivity index is 3.74. The highest BCUT2D eigenvalue weighted by atomic mass is 16.6. The fourth-order valence-corrected chi connectivity index (χ4v) is 3.88. The van der Waals surface area contributed by atoms with E-state index in [0.717, 1.165) is 50.9 Å². The summed E-state index contributed by atoms with van der Waals surface area (Å²) in [5.74, 6) is -0.0143. The second kappa shape index (κ2) is 29.1. The standard InChI is InChI=1S/C35H58O6/c1-4-5-6-7-8-9-10-11-12-13-14-18-21-25-32(36)26-23-28-35(39)41-30-33(37)29-40-34(38)27-22-19-16-15-17-20-24-31(2)3/h5-6,8-9,11-12,14,18,21,25,31-33,36-37H,4,7,10,13,15-17,19-20,22-24,26-30H2,1-3H3/b6-5-,9-8-,12-11-,18-14-,25-21+/t32?,33-/m0/s1. The Morgan fingerprint density at radius 1 is 0.634 bits per heavy atom. The predicted molar refractivity (Wildman–Crippen MR) is 169 cm³/mol. The molecule has 0 saturated heterocycles. The zero-order valence-electron chi connectivity index (χ0n) is 26.1. The molecule has 0 aromatic carbocycles. The topological polar surface area (TPSA) is 93.1 Å². The molecule has 0 aromatic heterocycles. The number of esters is 2.